The summed E-state index contributed by atoms with van der Waals surface area (Å²) in [6, 6.07) is 5.14. The van der Waals surface area contributed by atoms with Crippen molar-refractivity contribution >= 4 is 40.1 Å². The third-order valence-corrected chi connectivity index (χ3v) is 5.77. The summed E-state index contributed by atoms with van der Waals surface area (Å²) < 4.78 is 26.5. The van der Waals surface area contributed by atoms with Gasteiger partial charge < -0.3 is 19.7 Å². The molecule has 3 unspecified atom stereocenters. The summed E-state index contributed by atoms with van der Waals surface area (Å²) in [6.45, 7) is 3.33. The highest BCUT2D eigenvalue weighted by atomic mass is 127. The highest BCUT2D eigenvalue weighted by molar-refractivity contribution is 14.1. The van der Waals surface area contributed by atoms with Gasteiger partial charge in [0.2, 0.25) is 0 Å². The maximum atomic E-state index is 14.8. The summed E-state index contributed by atoms with van der Waals surface area (Å²) >= 11 is 2.18. The van der Waals surface area contributed by atoms with Gasteiger partial charge in [-0.2, -0.15) is 0 Å². The number of nitrogens with zero attached hydrogens (tertiary/aromatic N) is 2. The number of cyclic esters (lactones) is 1. The Labute approximate surface area is 153 Å². The van der Waals surface area contributed by atoms with E-state index < -0.39 is 6.09 Å². The number of anilines is 2. The molecule has 0 radical (unpaired) electrons. The lowest BCUT2D eigenvalue weighted by molar-refractivity contribution is 0.0347. The summed E-state index contributed by atoms with van der Waals surface area (Å²) in [6.07, 6.45) is -0.434. The van der Waals surface area contributed by atoms with Gasteiger partial charge in [-0.25, -0.2) is 9.18 Å². The van der Waals surface area contributed by atoms with Gasteiger partial charge in [0.25, 0.3) is 0 Å². The SMILES string of the molecule is O=C1OC(CI)CN1c1ccc(N2CCOC3CNCC32)c(F)c1. The van der Waals surface area contributed by atoms with Crippen LogP contribution in [0.3, 0.4) is 0 Å². The predicted octanol–water partition coefficient (Wildman–Crippen LogP) is 1.76. The number of carbonyl (C=O) groups is 1. The standard InChI is InChI=1S/C16H19FIN3O3/c17-12-5-10(21-9-11(6-18)24-16(21)22)1-2-13(12)20-3-4-23-15-8-19-7-14(15)20/h1-2,5,11,14-15,19H,3-4,6-9H2. The second-order valence-electron chi connectivity index (χ2n) is 6.23. The molecular weight excluding hydrogens is 428 g/mol. The molecule has 3 atom stereocenters. The first-order valence-electron chi connectivity index (χ1n) is 8.10. The minimum absolute atomic E-state index is 0.107. The van der Waals surface area contributed by atoms with Gasteiger partial charge in [-0.15, -0.1) is 0 Å². The number of fused-ring (bicyclic) bond motifs is 1. The molecule has 3 aliphatic heterocycles. The maximum Gasteiger partial charge on any atom is 0.414 e. The van der Waals surface area contributed by atoms with Gasteiger partial charge in [0.05, 0.1) is 36.7 Å². The fourth-order valence-corrected chi connectivity index (χ4v) is 4.06. The zero-order valence-electron chi connectivity index (χ0n) is 13.1. The van der Waals surface area contributed by atoms with Crippen LogP contribution >= 0.6 is 22.6 Å². The number of ether oxygens (including phenoxy) is 2. The number of benzene rings is 1. The Balaban J connectivity index is 1.57. The number of amides is 1. The quantitative estimate of drug-likeness (QED) is 0.566. The predicted molar refractivity (Wildman–Crippen MR) is 96.6 cm³/mol. The summed E-state index contributed by atoms with van der Waals surface area (Å²) in [5.41, 5.74) is 1.11. The molecule has 3 heterocycles. The van der Waals surface area contributed by atoms with Crippen LogP contribution in [0.25, 0.3) is 0 Å². The summed E-state index contributed by atoms with van der Waals surface area (Å²) in [7, 11) is 0. The summed E-state index contributed by atoms with van der Waals surface area (Å²) in [5.74, 6) is -0.314. The molecule has 3 saturated heterocycles. The van der Waals surface area contributed by atoms with Gasteiger partial charge in [0.1, 0.15) is 11.9 Å². The van der Waals surface area contributed by atoms with Crippen LogP contribution in [0.1, 0.15) is 0 Å². The average molecular weight is 447 g/mol. The van der Waals surface area contributed by atoms with Gasteiger partial charge in [0.15, 0.2) is 0 Å². The Morgan fingerprint density at radius 2 is 2.25 bits per heavy atom. The third-order valence-electron chi connectivity index (χ3n) is 4.79. The van der Waals surface area contributed by atoms with Crippen LogP contribution in [-0.4, -0.2) is 61.6 Å². The molecule has 0 bridgehead atoms. The number of nitrogens with one attached hydrogen (secondary N) is 1. The van der Waals surface area contributed by atoms with E-state index >= 15 is 0 Å². The first kappa shape index (κ1) is 16.3. The fraction of sp³-hybridized carbons (Fsp3) is 0.562. The Morgan fingerprint density at radius 1 is 1.38 bits per heavy atom. The summed E-state index contributed by atoms with van der Waals surface area (Å²) in [4.78, 5) is 15.5. The molecule has 0 aliphatic carbocycles. The average Bonchev–Trinajstić information content (AvgIpc) is 3.20. The molecule has 3 aliphatic rings. The Bertz CT molecular complexity index is 647. The number of rotatable bonds is 3. The first-order chi connectivity index (χ1) is 11.7. The molecule has 1 N–H and O–H groups in total. The van der Waals surface area contributed by atoms with Crippen molar-refractivity contribution in [2.75, 3.05) is 47.0 Å². The molecule has 0 aromatic heterocycles. The van der Waals surface area contributed by atoms with Crippen LogP contribution in [0.15, 0.2) is 18.2 Å². The van der Waals surface area contributed by atoms with Gasteiger partial charge in [-0.3, -0.25) is 4.90 Å². The lowest BCUT2D eigenvalue weighted by Crippen LogP contribution is -2.51. The zero-order chi connectivity index (χ0) is 16.7. The molecule has 1 aromatic rings. The highest BCUT2D eigenvalue weighted by Crippen LogP contribution is 2.31. The molecule has 24 heavy (non-hydrogen) atoms. The molecule has 1 aromatic carbocycles. The lowest BCUT2D eigenvalue weighted by atomic mass is 10.1. The molecule has 3 fully saturated rings. The van der Waals surface area contributed by atoms with E-state index in [0.29, 0.717) is 31.1 Å². The Kier molecular flexibility index (Phi) is 4.52. The van der Waals surface area contributed by atoms with Crippen molar-refractivity contribution in [3.8, 4) is 0 Å². The molecule has 4 rings (SSSR count). The van der Waals surface area contributed by atoms with Crippen molar-refractivity contribution in [3.05, 3.63) is 24.0 Å². The van der Waals surface area contributed by atoms with Crippen molar-refractivity contribution in [2.45, 2.75) is 18.2 Å². The number of hydrogen-bond acceptors (Lipinski definition) is 5. The van der Waals surface area contributed by atoms with E-state index in [1.54, 1.807) is 12.1 Å². The second-order valence-corrected chi connectivity index (χ2v) is 7.12. The molecule has 0 saturated carbocycles. The van der Waals surface area contributed by atoms with Crippen LogP contribution in [0.4, 0.5) is 20.6 Å². The number of morpholine rings is 1. The van der Waals surface area contributed by atoms with Gasteiger partial charge in [-0.05, 0) is 18.2 Å². The van der Waals surface area contributed by atoms with Gasteiger partial charge >= 0.3 is 6.09 Å². The normalized spacial score (nSPS) is 29.8. The van der Waals surface area contributed by atoms with E-state index in [-0.39, 0.29) is 24.1 Å². The number of alkyl halides is 1. The van der Waals surface area contributed by atoms with E-state index in [1.165, 1.54) is 11.0 Å². The van der Waals surface area contributed by atoms with Crippen molar-refractivity contribution < 1.29 is 18.7 Å². The minimum atomic E-state index is -0.407. The number of hydrogen-bond donors (Lipinski definition) is 1. The first-order valence-corrected chi connectivity index (χ1v) is 9.62. The van der Waals surface area contributed by atoms with Crippen LogP contribution in [0, 0.1) is 5.82 Å². The monoisotopic (exact) mass is 447 g/mol. The second kappa shape index (κ2) is 6.64. The van der Waals surface area contributed by atoms with E-state index in [4.69, 9.17) is 9.47 Å². The minimum Gasteiger partial charge on any atom is -0.443 e. The molecule has 8 heteroatoms. The largest absolute Gasteiger partial charge is 0.443 e. The lowest BCUT2D eigenvalue weighted by Gasteiger charge is -2.38. The third kappa shape index (κ3) is 2.84. The highest BCUT2D eigenvalue weighted by Gasteiger charge is 2.37. The van der Waals surface area contributed by atoms with E-state index in [1.807, 2.05) is 0 Å². The number of halogens is 2. The van der Waals surface area contributed by atoms with Crippen molar-refractivity contribution in [2.24, 2.45) is 0 Å². The van der Waals surface area contributed by atoms with Crippen LogP contribution < -0.4 is 15.1 Å². The van der Waals surface area contributed by atoms with E-state index in [2.05, 4.69) is 32.8 Å². The van der Waals surface area contributed by atoms with Crippen LogP contribution in [0.2, 0.25) is 0 Å². The van der Waals surface area contributed by atoms with Crippen molar-refractivity contribution in [1.82, 2.24) is 5.32 Å². The van der Waals surface area contributed by atoms with E-state index in [0.717, 1.165) is 17.5 Å². The van der Waals surface area contributed by atoms with Crippen LogP contribution in [0.5, 0.6) is 0 Å². The molecule has 130 valence electrons. The number of carbonyl (C=O) groups excluding carboxylic acids is 1. The van der Waals surface area contributed by atoms with Gasteiger partial charge in [0, 0.05) is 24.1 Å². The van der Waals surface area contributed by atoms with Gasteiger partial charge in [-0.1, -0.05) is 22.6 Å². The van der Waals surface area contributed by atoms with Crippen LogP contribution in [-0.2, 0) is 9.47 Å². The Morgan fingerprint density at radius 3 is 3.00 bits per heavy atom. The topological polar surface area (TPSA) is 54.0 Å². The molecular formula is C16H19FIN3O3. The molecule has 6 nitrogen and oxygen atoms in total. The summed E-state index contributed by atoms with van der Waals surface area (Å²) in [5, 5.41) is 3.30. The van der Waals surface area contributed by atoms with Crippen molar-refractivity contribution in [1.29, 1.82) is 0 Å². The zero-order valence-corrected chi connectivity index (χ0v) is 15.2. The van der Waals surface area contributed by atoms with Crippen molar-refractivity contribution in [3.63, 3.8) is 0 Å². The molecule has 0 spiro atoms. The fourth-order valence-electron chi connectivity index (χ4n) is 3.60. The maximum absolute atomic E-state index is 14.8. The smallest absolute Gasteiger partial charge is 0.414 e. The molecule has 1 amide bonds. The Hall–Kier alpha value is -1.13. The van der Waals surface area contributed by atoms with E-state index in [9.17, 15) is 9.18 Å².